The van der Waals surface area contributed by atoms with Gasteiger partial charge in [0.15, 0.2) is 17.3 Å². The van der Waals surface area contributed by atoms with Crippen molar-refractivity contribution >= 4 is 17.5 Å². The van der Waals surface area contributed by atoms with Crippen LogP contribution in [0.3, 0.4) is 0 Å². The van der Waals surface area contributed by atoms with E-state index in [1.165, 1.54) is 30.8 Å². The molecule has 0 amide bonds. The van der Waals surface area contributed by atoms with Gasteiger partial charge in [-0.15, -0.1) is 11.8 Å². The summed E-state index contributed by atoms with van der Waals surface area (Å²) >= 11 is 1.50. The predicted molar refractivity (Wildman–Crippen MR) is 74.7 cm³/mol. The molecule has 0 saturated carbocycles. The smallest absolute Gasteiger partial charge is 0.173 e. The third kappa shape index (κ3) is 2.96. The Hall–Kier alpha value is -1.81. The first kappa shape index (κ1) is 13.6. The van der Waals surface area contributed by atoms with E-state index >= 15 is 0 Å². The highest BCUT2D eigenvalue weighted by Crippen LogP contribution is 2.34. The molecule has 0 aliphatic heterocycles. The number of Topliss-reactive ketones (excluding diaryl/α,β-unsaturated/α-hetero) is 1. The average Bonchev–Trinajstić information content (AvgIpc) is 2.41. The molecule has 0 unspecified atom stereocenters. The summed E-state index contributed by atoms with van der Waals surface area (Å²) in [7, 11) is 0. The summed E-state index contributed by atoms with van der Waals surface area (Å²) in [6.45, 7) is 1.39. The van der Waals surface area contributed by atoms with Crippen LogP contribution in [0.15, 0.2) is 47.4 Å². The first-order chi connectivity index (χ1) is 9.13. The lowest BCUT2D eigenvalue weighted by molar-refractivity contribution is 0.101. The molecule has 0 aliphatic carbocycles. The quantitative estimate of drug-likeness (QED) is 0.605. The van der Waals surface area contributed by atoms with Crippen molar-refractivity contribution in [1.82, 2.24) is 0 Å². The highest BCUT2D eigenvalue weighted by atomic mass is 32.2. The number of halogens is 1. The summed E-state index contributed by atoms with van der Waals surface area (Å²) in [5, 5.41) is 0. The average molecular weight is 276 g/mol. The Bertz CT molecular complexity index is 611. The van der Waals surface area contributed by atoms with Crippen molar-refractivity contribution in [2.24, 2.45) is 0 Å². The van der Waals surface area contributed by atoms with E-state index in [4.69, 9.17) is 4.74 Å². The Kier molecular flexibility index (Phi) is 4.22. The summed E-state index contributed by atoms with van der Waals surface area (Å²) in [6.07, 6.45) is 1.91. The molecule has 98 valence electrons. The summed E-state index contributed by atoms with van der Waals surface area (Å²) in [6, 6.07) is 11.7. The summed E-state index contributed by atoms with van der Waals surface area (Å²) < 4.78 is 19.5. The molecule has 0 spiro atoms. The molecule has 0 bridgehead atoms. The first-order valence-corrected chi connectivity index (χ1v) is 6.96. The Morgan fingerprint density at radius 3 is 2.58 bits per heavy atom. The summed E-state index contributed by atoms with van der Waals surface area (Å²) in [5.41, 5.74) is 0.246. The zero-order chi connectivity index (χ0) is 13.8. The Morgan fingerprint density at radius 1 is 1.16 bits per heavy atom. The minimum absolute atomic E-state index is 0.0171. The zero-order valence-electron chi connectivity index (χ0n) is 10.6. The van der Waals surface area contributed by atoms with Gasteiger partial charge in [0.05, 0.1) is 5.56 Å². The monoisotopic (exact) mass is 276 g/mol. The molecule has 4 heteroatoms. The van der Waals surface area contributed by atoms with E-state index in [0.29, 0.717) is 5.75 Å². The fourth-order valence-electron chi connectivity index (χ4n) is 1.70. The third-order valence-electron chi connectivity index (χ3n) is 2.63. The van der Waals surface area contributed by atoms with Gasteiger partial charge in [-0.05, 0) is 37.4 Å². The van der Waals surface area contributed by atoms with Gasteiger partial charge in [-0.1, -0.05) is 18.2 Å². The van der Waals surface area contributed by atoms with Crippen molar-refractivity contribution in [3.63, 3.8) is 0 Å². The van der Waals surface area contributed by atoms with E-state index < -0.39 is 5.82 Å². The number of hydrogen-bond acceptors (Lipinski definition) is 3. The molecular weight excluding hydrogens is 263 g/mol. The SMILES string of the molecule is CSc1ccccc1Oc1c(F)cccc1C(C)=O. The van der Waals surface area contributed by atoms with Crippen molar-refractivity contribution in [3.05, 3.63) is 53.8 Å². The number of para-hydroxylation sites is 2. The Balaban J connectivity index is 2.46. The standard InChI is InChI=1S/C15H13FO2S/c1-10(17)11-6-5-7-12(16)15(11)18-13-8-3-4-9-14(13)19-2/h3-9H,1-2H3. The van der Waals surface area contributed by atoms with Crippen LogP contribution in [0.2, 0.25) is 0 Å². The van der Waals surface area contributed by atoms with Crippen LogP contribution in [0, 0.1) is 5.82 Å². The van der Waals surface area contributed by atoms with Crippen LogP contribution in [0.5, 0.6) is 11.5 Å². The molecule has 2 nitrogen and oxygen atoms in total. The number of benzene rings is 2. The van der Waals surface area contributed by atoms with Gasteiger partial charge in [-0.25, -0.2) is 4.39 Å². The molecule has 0 atom stereocenters. The molecule has 0 aromatic heterocycles. The Labute approximate surface area is 115 Å². The zero-order valence-corrected chi connectivity index (χ0v) is 11.5. The predicted octanol–water partition coefficient (Wildman–Crippen LogP) is 4.54. The normalized spacial score (nSPS) is 10.3. The summed E-state index contributed by atoms with van der Waals surface area (Å²) in [4.78, 5) is 12.4. The minimum Gasteiger partial charge on any atom is -0.452 e. The topological polar surface area (TPSA) is 26.3 Å². The molecule has 0 fully saturated rings. The minimum atomic E-state index is -0.538. The number of hydrogen-bond donors (Lipinski definition) is 0. The number of ether oxygens (including phenoxy) is 1. The molecule has 0 radical (unpaired) electrons. The molecule has 2 aromatic rings. The lowest BCUT2D eigenvalue weighted by Gasteiger charge is -2.12. The largest absolute Gasteiger partial charge is 0.452 e. The molecule has 0 heterocycles. The fraction of sp³-hybridized carbons (Fsp3) is 0.133. The van der Waals surface area contributed by atoms with E-state index in [-0.39, 0.29) is 17.1 Å². The second-order valence-electron chi connectivity index (χ2n) is 3.93. The van der Waals surface area contributed by atoms with E-state index in [9.17, 15) is 9.18 Å². The van der Waals surface area contributed by atoms with E-state index in [2.05, 4.69) is 0 Å². The number of carbonyl (C=O) groups is 1. The molecule has 19 heavy (non-hydrogen) atoms. The van der Waals surface area contributed by atoms with Crippen LogP contribution in [0.25, 0.3) is 0 Å². The number of thioether (sulfide) groups is 1. The van der Waals surface area contributed by atoms with Crippen LogP contribution < -0.4 is 4.74 Å². The van der Waals surface area contributed by atoms with Crippen molar-refractivity contribution in [2.75, 3.05) is 6.26 Å². The van der Waals surface area contributed by atoms with Crippen molar-refractivity contribution < 1.29 is 13.9 Å². The van der Waals surface area contributed by atoms with E-state index in [1.54, 1.807) is 12.1 Å². The van der Waals surface area contributed by atoms with Gasteiger partial charge >= 0.3 is 0 Å². The lowest BCUT2D eigenvalue weighted by atomic mass is 10.1. The number of ketones is 1. The van der Waals surface area contributed by atoms with Gasteiger partial charge in [0.2, 0.25) is 0 Å². The van der Waals surface area contributed by atoms with Gasteiger partial charge in [-0.3, -0.25) is 4.79 Å². The van der Waals surface area contributed by atoms with Crippen LogP contribution >= 0.6 is 11.8 Å². The molecule has 2 aromatic carbocycles. The van der Waals surface area contributed by atoms with Gasteiger partial charge < -0.3 is 4.74 Å². The highest BCUT2D eigenvalue weighted by molar-refractivity contribution is 7.98. The third-order valence-corrected chi connectivity index (χ3v) is 3.40. The second kappa shape index (κ2) is 5.89. The van der Waals surface area contributed by atoms with Crippen molar-refractivity contribution in [1.29, 1.82) is 0 Å². The van der Waals surface area contributed by atoms with Gasteiger partial charge in [0.25, 0.3) is 0 Å². The molecule has 2 rings (SSSR count). The molecular formula is C15H13FO2S. The van der Waals surface area contributed by atoms with Crippen LogP contribution in [0.1, 0.15) is 17.3 Å². The first-order valence-electron chi connectivity index (χ1n) is 5.74. The van der Waals surface area contributed by atoms with Crippen LogP contribution in [0.4, 0.5) is 4.39 Å². The maximum Gasteiger partial charge on any atom is 0.173 e. The molecule has 0 aliphatic rings. The number of rotatable bonds is 4. The van der Waals surface area contributed by atoms with E-state index in [1.807, 2.05) is 24.5 Å². The number of carbonyl (C=O) groups excluding carboxylic acids is 1. The van der Waals surface area contributed by atoms with E-state index in [0.717, 1.165) is 4.90 Å². The van der Waals surface area contributed by atoms with Gasteiger partial charge in [-0.2, -0.15) is 0 Å². The molecule has 0 saturated heterocycles. The second-order valence-corrected chi connectivity index (χ2v) is 4.77. The fourth-order valence-corrected chi connectivity index (χ4v) is 2.23. The van der Waals surface area contributed by atoms with Gasteiger partial charge in [0, 0.05) is 4.90 Å². The maximum absolute atomic E-state index is 13.8. The Morgan fingerprint density at radius 2 is 1.89 bits per heavy atom. The van der Waals surface area contributed by atoms with Crippen molar-refractivity contribution in [3.8, 4) is 11.5 Å². The molecule has 0 N–H and O–H groups in total. The van der Waals surface area contributed by atoms with Gasteiger partial charge in [0.1, 0.15) is 5.75 Å². The highest BCUT2D eigenvalue weighted by Gasteiger charge is 2.15. The van der Waals surface area contributed by atoms with Crippen molar-refractivity contribution in [2.45, 2.75) is 11.8 Å². The van der Waals surface area contributed by atoms with Crippen LogP contribution in [-0.4, -0.2) is 12.0 Å². The summed E-state index contributed by atoms with van der Waals surface area (Å²) in [5.74, 6) is -0.237. The lowest BCUT2D eigenvalue weighted by Crippen LogP contribution is -2.00. The maximum atomic E-state index is 13.8. The van der Waals surface area contributed by atoms with Crippen LogP contribution in [-0.2, 0) is 0 Å².